The van der Waals surface area contributed by atoms with E-state index < -0.39 is 6.29 Å². The number of aromatic nitrogens is 1. The zero-order valence-corrected chi connectivity index (χ0v) is 13.0. The third kappa shape index (κ3) is 3.08. The number of aromatic amines is 1. The van der Waals surface area contributed by atoms with E-state index in [4.69, 9.17) is 4.74 Å². The summed E-state index contributed by atoms with van der Waals surface area (Å²) in [6.07, 6.45) is -0.262. The van der Waals surface area contributed by atoms with Crippen molar-refractivity contribution < 1.29 is 9.84 Å². The first-order chi connectivity index (χ1) is 10.6. The third-order valence-corrected chi connectivity index (χ3v) is 3.70. The lowest BCUT2D eigenvalue weighted by molar-refractivity contribution is -0.0214. The van der Waals surface area contributed by atoms with Crippen molar-refractivity contribution in [1.82, 2.24) is 10.3 Å². The van der Waals surface area contributed by atoms with Gasteiger partial charge in [-0.05, 0) is 18.2 Å². The highest BCUT2D eigenvalue weighted by molar-refractivity contribution is 6.10. The fourth-order valence-corrected chi connectivity index (χ4v) is 2.67. The first kappa shape index (κ1) is 14.9. The Morgan fingerprint density at radius 2 is 1.86 bits per heavy atom. The van der Waals surface area contributed by atoms with Gasteiger partial charge in [0.1, 0.15) is 5.75 Å². The minimum absolute atomic E-state index is 0.407. The Labute approximate surface area is 130 Å². The Bertz CT molecular complexity index is 764. The van der Waals surface area contributed by atoms with E-state index in [1.807, 2.05) is 36.4 Å². The van der Waals surface area contributed by atoms with Gasteiger partial charge in [0, 0.05) is 35.3 Å². The van der Waals surface area contributed by atoms with Crippen LogP contribution in [-0.2, 0) is 0 Å². The monoisotopic (exact) mass is 298 g/mol. The molecule has 0 aliphatic carbocycles. The van der Waals surface area contributed by atoms with Crippen molar-refractivity contribution in [2.75, 3.05) is 6.54 Å². The smallest absolute Gasteiger partial charge is 0.198 e. The van der Waals surface area contributed by atoms with Crippen LogP contribution in [0.3, 0.4) is 0 Å². The minimum atomic E-state index is -0.814. The van der Waals surface area contributed by atoms with E-state index >= 15 is 0 Å². The van der Waals surface area contributed by atoms with Crippen LogP contribution < -0.4 is 10.1 Å². The fraction of sp³-hybridized carbons (Fsp3) is 0.333. The van der Waals surface area contributed by atoms with Crippen molar-refractivity contribution in [2.24, 2.45) is 0 Å². The first-order valence-corrected chi connectivity index (χ1v) is 7.72. The Kier molecular flexibility index (Phi) is 4.32. The van der Waals surface area contributed by atoms with Crippen LogP contribution in [0.2, 0.25) is 0 Å². The molecule has 0 spiro atoms. The molecule has 0 radical (unpaired) electrons. The molecule has 0 fully saturated rings. The lowest BCUT2D eigenvalue weighted by Gasteiger charge is -2.15. The highest BCUT2D eigenvalue weighted by Gasteiger charge is 2.12. The van der Waals surface area contributed by atoms with Gasteiger partial charge >= 0.3 is 0 Å². The number of hydrogen-bond donors (Lipinski definition) is 3. The van der Waals surface area contributed by atoms with Crippen LogP contribution in [0.1, 0.15) is 20.3 Å². The van der Waals surface area contributed by atoms with Crippen molar-refractivity contribution in [3.8, 4) is 5.75 Å². The number of ether oxygens (including phenoxy) is 1. The lowest BCUT2D eigenvalue weighted by atomic mass is 10.1. The molecule has 2 aromatic carbocycles. The molecule has 0 saturated carbocycles. The molecule has 1 aromatic heterocycles. The molecule has 0 bridgehead atoms. The van der Waals surface area contributed by atoms with Gasteiger partial charge in [-0.1, -0.05) is 38.1 Å². The number of rotatable bonds is 6. The molecule has 0 saturated heterocycles. The molecule has 1 atom stereocenters. The quantitative estimate of drug-likeness (QED) is 0.611. The normalized spacial score (nSPS) is 13.1. The van der Waals surface area contributed by atoms with Crippen molar-refractivity contribution in [1.29, 1.82) is 0 Å². The maximum Gasteiger partial charge on any atom is 0.198 e. The standard InChI is InChI=1S/C18H22N2O2/c1-12(2)19-11-10-17(21)22-16-9-5-8-15-18(16)13-6-3-4-7-14(13)20-15/h3-9,12,17,19-21H,10-11H2,1-2H3. The minimum Gasteiger partial charge on any atom is -0.464 e. The maximum atomic E-state index is 10.1. The molecule has 116 valence electrons. The van der Waals surface area contributed by atoms with Crippen LogP contribution in [0.25, 0.3) is 21.8 Å². The summed E-state index contributed by atoms with van der Waals surface area (Å²) in [7, 11) is 0. The van der Waals surface area contributed by atoms with E-state index in [-0.39, 0.29) is 0 Å². The first-order valence-electron chi connectivity index (χ1n) is 7.72. The topological polar surface area (TPSA) is 57.3 Å². The molecule has 3 aromatic rings. The van der Waals surface area contributed by atoms with Crippen molar-refractivity contribution in [2.45, 2.75) is 32.6 Å². The SMILES string of the molecule is CC(C)NCCC(O)Oc1cccc2[nH]c3ccccc3c12. The zero-order chi connectivity index (χ0) is 15.5. The summed E-state index contributed by atoms with van der Waals surface area (Å²) in [5.41, 5.74) is 2.09. The summed E-state index contributed by atoms with van der Waals surface area (Å²) >= 11 is 0. The van der Waals surface area contributed by atoms with Gasteiger partial charge in [0.25, 0.3) is 0 Å². The molecule has 3 N–H and O–H groups in total. The number of hydrogen-bond acceptors (Lipinski definition) is 3. The number of H-pyrrole nitrogens is 1. The van der Waals surface area contributed by atoms with Crippen LogP contribution in [0.5, 0.6) is 5.75 Å². The average Bonchev–Trinajstić information content (AvgIpc) is 2.86. The zero-order valence-electron chi connectivity index (χ0n) is 13.0. The van der Waals surface area contributed by atoms with E-state index in [0.717, 1.165) is 28.4 Å². The summed E-state index contributed by atoms with van der Waals surface area (Å²) in [4.78, 5) is 3.38. The van der Waals surface area contributed by atoms with Gasteiger partial charge < -0.3 is 20.1 Å². The van der Waals surface area contributed by atoms with Gasteiger partial charge in [0.15, 0.2) is 6.29 Å². The molecule has 3 rings (SSSR count). The van der Waals surface area contributed by atoms with Gasteiger partial charge in [-0.25, -0.2) is 0 Å². The molecule has 1 unspecified atom stereocenters. The summed E-state index contributed by atoms with van der Waals surface area (Å²) < 4.78 is 5.77. The van der Waals surface area contributed by atoms with Crippen LogP contribution in [0, 0.1) is 0 Å². The van der Waals surface area contributed by atoms with Gasteiger partial charge in [-0.3, -0.25) is 0 Å². The largest absolute Gasteiger partial charge is 0.464 e. The van der Waals surface area contributed by atoms with Gasteiger partial charge in [-0.15, -0.1) is 0 Å². The van der Waals surface area contributed by atoms with E-state index in [1.54, 1.807) is 0 Å². The molecule has 0 amide bonds. The number of benzene rings is 2. The van der Waals surface area contributed by atoms with E-state index in [1.165, 1.54) is 0 Å². The fourth-order valence-electron chi connectivity index (χ4n) is 2.67. The van der Waals surface area contributed by atoms with E-state index in [9.17, 15) is 5.11 Å². The Morgan fingerprint density at radius 3 is 2.68 bits per heavy atom. The number of para-hydroxylation sites is 1. The second-order valence-corrected chi connectivity index (χ2v) is 5.82. The molecular formula is C18H22N2O2. The average molecular weight is 298 g/mol. The summed E-state index contributed by atoms with van der Waals surface area (Å²) in [5.74, 6) is 0.715. The molecular weight excluding hydrogens is 276 g/mol. The highest BCUT2D eigenvalue weighted by Crippen LogP contribution is 2.33. The van der Waals surface area contributed by atoms with Crippen LogP contribution in [-0.4, -0.2) is 29.0 Å². The second kappa shape index (κ2) is 6.38. The van der Waals surface area contributed by atoms with Gasteiger partial charge in [0.2, 0.25) is 0 Å². The molecule has 22 heavy (non-hydrogen) atoms. The van der Waals surface area contributed by atoms with Crippen LogP contribution in [0.15, 0.2) is 42.5 Å². The molecule has 1 heterocycles. The Hall–Kier alpha value is -2.04. The van der Waals surface area contributed by atoms with E-state index in [2.05, 4.69) is 30.2 Å². The Balaban J connectivity index is 1.84. The van der Waals surface area contributed by atoms with Crippen molar-refractivity contribution >= 4 is 21.8 Å². The third-order valence-electron chi connectivity index (χ3n) is 3.70. The number of nitrogens with one attached hydrogen (secondary N) is 2. The number of aliphatic hydroxyl groups is 1. The molecule has 4 nitrogen and oxygen atoms in total. The maximum absolute atomic E-state index is 10.1. The highest BCUT2D eigenvalue weighted by atomic mass is 16.6. The predicted octanol–water partition coefficient (Wildman–Crippen LogP) is 3.41. The second-order valence-electron chi connectivity index (χ2n) is 5.82. The predicted molar refractivity (Wildman–Crippen MR) is 90.2 cm³/mol. The van der Waals surface area contributed by atoms with Crippen molar-refractivity contribution in [3.05, 3.63) is 42.5 Å². The molecule has 4 heteroatoms. The van der Waals surface area contributed by atoms with Crippen LogP contribution >= 0.6 is 0 Å². The molecule has 0 aliphatic rings. The van der Waals surface area contributed by atoms with Crippen molar-refractivity contribution in [3.63, 3.8) is 0 Å². The number of fused-ring (bicyclic) bond motifs is 3. The Morgan fingerprint density at radius 1 is 1.09 bits per heavy atom. The lowest BCUT2D eigenvalue weighted by Crippen LogP contribution is -2.28. The number of aliphatic hydroxyl groups excluding tert-OH is 1. The molecule has 0 aliphatic heterocycles. The summed E-state index contributed by atoms with van der Waals surface area (Å²) in [5, 5.41) is 15.5. The van der Waals surface area contributed by atoms with Gasteiger partial charge in [0.05, 0.1) is 5.52 Å². The summed E-state index contributed by atoms with van der Waals surface area (Å²) in [6.45, 7) is 4.89. The van der Waals surface area contributed by atoms with Gasteiger partial charge in [-0.2, -0.15) is 0 Å². The summed E-state index contributed by atoms with van der Waals surface area (Å²) in [6, 6.07) is 14.4. The van der Waals surface area contributed by atoms with E-state index in [0.29, 0.717) is 18.2 Å². The van der Waals surface area contributed by atoms with Crippen LogP contribution in [0.4, 0.5) is 0 Å².